The molecule has 0 N–H and O–H groups in total. The van der Waals surface area contributed by atoms with Crippen molar-refractivity contribution in [2.24, 2.45) is 0 Å². The molecule has 1 aliphatic rings. The number of rotatable bonds is 3. The average molecular weight is 307 g/mol. The first-order valence-electron chi connectivity index (χ1n) is 6.89. The second kappa shape index (κ2) is 6.37. The summed E-state index contributed by atoms with van der Waals surface area (Å²) >= 11 is 6.08. The minimum atomic E-state index is -0.295. The van der Waals surface area contributed by atoms with Crippen molar-refractivity contribution in [2.45, 2.75) is 6.54 Å². The highest BCUT2D eigenvalue weighted by atomic mass is 35.5. The predicted molar refractivity (Wildman–Crippen MR) is 80.9 cm³/mol. The molecule has 1 aromatic heterocycles. The van der Waals surface area contributed by atoms with Crippen LogP contribution in [0.2, 0.25) is 5.02 Å². The average Bonchev–Trinajstić information content (AvgIpc) is 2.52. The minimum Gasteiger partial charge on any atom is -0.353 e. The van der Waals surface area contributed by atoms with E-state index in [2.05, 4.69) is 19.8 Å². The van der Waals surface area contributed by atoms with Crippen LogP contribution < -0.4 is 4.90 Å². The van der Waals surface area contributed by atoms with Crippen molar-refractivity contribution in [2.75, 3.05) is 31.1 Å². The van der Waals surface area contributed by atoms with E-state index in [-0.39, 0.29) is 5.82 Å². The summed E-state index contributed by atoms with van der Waals surface area (Å²) in [6.07, 6.45) is 5.17. The van der Waals surface area contributed by atoms with Crippen LogP contribution >= 0.6 is 11.6 Å². The first-order valence-corrected chi connectivity index (χ1v) is 7.27. The Morgan fingerprint density at radius 2 is 1.95 bits per heavy atom. The van der Waals surface area contributed by atoms with Gasteiger partial charge in [0, 0.05) is 50.1 Å². The maximum Gasteiger partial charge on any atom is 0.147 e. The van der Waals surface area contributed by atoms with Gasteiger partial charge in [-0.2, -0.15) is 0 Å². The third-order valence-electron chi connectivity index (χ3n) is 3.65. The molecule has 0 atom stereocenters. The number of piperazine rings is 1. The van der Waals surface area contributed by atoms with Crippen LogP contribution in [0.4, 0.5) is 10.2 Å². The zero-order valence-electron chi connectivity index (χ0n) is 11.5. The molecule has 1 aliphatic heterocycles. The van der Waals surface area contributed by atoms with Crippen molar-refractivity contribution < 1.29 is 4.39 Å². The Kier molecular flexibility index (Phi) is 4.31. The third-order valence-corrected chi connectivity index (χ3v) is 4.01. The Labute approximate surface area is 128 Å². The van der Waals surface area contributed by atoms with Crippen LogP contribution in [-0.2, 0) is 6.54 Å². The first-order chi connectivity index (χ1) is 10.2. The van der Waals surface area contributed by atoms with Gasteiger partial charge in [0.15, 0.2) is 0 Å². The molecule has 1 fully saturated rings. The van der Waals surface area contributed by atoms with Crippen molar-refractivity contribution >= 4 is 17.4 Å². The highest BCUT2D eigenvalue weighted by Crippen LogP contribution is 2.20. The van der Waals surface area contributed by atoms with Gasteiger partial charge in [-0.05, 0) is 17.7 Å². The summed E-state index contributed by atoms with van der Waals surface area (Å²) in [5, 5.41) is 0.492. The fourth-order valence-corrected chi connectivity index (χ4v) is 2.71. The van der Waals surface area contributed by atoms with Gasteiger partial charge in [-0.3, -0.25) is 9.88 Å². The largest absolute Gasteiger partial charge is 0.353 e. The highest BCUT2D eigenvalue weighted by molar-refractivity contribution is 6.31. The number of benzene rings is 1. The molecule has 1 aromatic carbocycles. The van der Waals surface area contributed by atoms with Crippen molar-refractivity contribution in [1.82, 2.24) is 14.9 Å². The first kappa shape index (κ1) is 14.2. The van der Waals surface area contributed by atoms with E-state index in [1.165, 1.54) is 12.1 Å². The van der Waals surface area contributed by atoms with E-state index in [1.807, 2.05) is 0 Å². The molecular weight excluding hydrogens is 291 g/mol. The van der Waals surface area contributed by atoms with E-state index in [1.54, 1.807) is 24.7 Å². The van der Waals surface area contributed by atoms with Crippen LogP contribution in [-0.4, -0.2) is 41.0 Å². The standard InChI is InChI=1S/C15H16ClFN4/c16-14-9-13(17)2-1-12(14)11-20-5-7-21(8-6-20)15-10-18-3-4-19-15/h1-4,9-10H,5-8,11H2. The second-order valence-corrected chi connectivity index (χ2v) is 5.47. The Hall–Kier alpha value is -1.72. The van der Waals surface area contributed by atoms with Crippen LogP contribution in [0.5, 0.6) is 0 Å². The van der Waals surface area contributed by atoms with Gasteiger partial charge in [-0.15, -0.1) is 0 Å². The van der Waals surface area contributed by atoms with Crippen molar-refractivity contribution in [1.29, 1.82) is 0 Å². The smallest absolute Gasteiger partial charge is 0.147 e. The van der Waals surface area contributed by atoms with Gasteiger partial charge >= 0.3 is 0 Å². The zero-order valence-corrected chi connectivity index (χ0v) is 12.3. The predicted octanol–water partition coefficient (Wildman–Crippen LogP) is 2.59. The monoisotopic (exact) mass is 306 g/mol. The van der Waals surface area contributed by atoms with Crippen LogP contribution in [0.25, 0.3) is 0 Å². The highest BCUT2D eigenvalue weighted by Gasteiger charge is 2.18. The van der Waals surface area contributed by atoms with Gasteiger partial charge in [0.2, 0.25) is 0 Å². The zero-order chi connectivity index (χ0) is 14.7. The van der Waals surface area contributed by atoms with Crippen LogP contribution in [0.3, 0.4) is 0 Å². The molecule has 0 saturated carbocycles. The van der Waals surface area contributed by atoms with E-state index in [9.17, 15) is 4.39 Å². The molecule has 0 amide bonds. The van der Waals surface area contributed by atoms with Crippen molar-refractivity contribution in [3.05, 3.63) is 53.2 Å². The van der Waals surface area contributed by atoms with Gasteiger partial charge in [0.05, 0.1) is 6.20 Å². The maximum absolute atomic E-state index is 13.0. The number of halogens is 2. The Morgan fingerprint density at radius 3 is 2.62 bits per heavy atom. The second-order valence-electron chi connectivity index (χ2n) is 5.06. The normalized spacial score (nSPS) is 16.2. The van der Waals surface area contributed by atoms with E-state index >= 15 is 0 Å². The molecule has 2 heterocycles. The van der Waals surface area contributed by atoms with Crippen molar-refractivity contribution in [3.8, 4) is 0 Å². The van der Waals surface area contributed by atoms with Gasteiger partial charge < -0.3 is 4.90 Å². The Morgan fingerprint density at radius 1 is 1.14 bits per heavy atom. The molecule has 0 bridgehead atoms. The fourth-order valence-electron chi connectivity index (χ4n) is 2.48. The summed E-state index contributed by atoms with van der Waals surface area (Å²) in [7, 11) is 0. The molecule has 6 heteroatoms. The summed E-state index contributed by atoms with van der Waals surface area (Å²) in [4.78, 5) is 12.9. The summed E-state index contributed by atoms with van der Waals surface area (Å²) in [5.41, 5.74) is 0.964. The van der Waals surface area contributed by atoms with Crippen LogP contribution in [0, 0.1) is 5.82 Å². The van der Waals surface area contributed by atoms with Gasteiger partial charge in [-0.25, -0.2) is 9.37 Å². The molecule has 0 radical (unpaired) electrons. The van der Waals surface area contributed by atoms with E-state index < -0.39 is 0 Å². The minimum absolute atomic E-state index is 0.295. The summed E-state index contributed by atoms with van der Waals surface area (Å²) in [6, 6.07) is 4.58. The van der Waals surface area contributed by atoms with Crippen LogP contribution in [0.1, 0.15) is 5.56 Å². The molecule has 3 rings (SSSR count). The van der Waals surface area contributed by atoms with Gasteiger partial charge in [0.25, 0.3) is 0 Å². The van der Waals surface area contributed by atoms with E-state index in [0.29, 0.717) is 5.02 Å². The van der Waals surface area contributed by atoms with Gasteiger partial charge in [0.1, 0.15) is 11.6 Å². The number of hydrogen-bond acceptors (Lipinski definition) is 4. The lowest BCUT2D eigenvalue weighted by Gasteiger charge is -2.35. The lowest BCUT2D eigenvalue weighted by atomic mass is 10.2. The Bertz CT molecular complexity index is 600. The summed E-state index contributed by atoms with van der Waals surface area (Å²) < 4.78 is 13.0. The fraction of sp³-hybridized carbons (Fsp3) is 0.333. The quantitative estimate of drug-likeness (QED) is 0.872. The Balaban J connectivity index is 1.59. The summed E-state index contributed by atoms with van der Waals surface area (Å²) in [5.74, 6) is 0.619. The topological polar surface area (TPSA) is 32.3 Å². The van der Waals surface area contributed by atoms with Crippen molar-refractivity contribution in [3.63, 3.8) is 0 Å². The lowest BCUT2D eigenvalue weighted by molar-refractivity contribution is 0.249. The van der Waals surface area contributed by atoms with Crippen LogP contribution in [0.15, 0.2) is 36.8 Å². The molecule has 110 valence electrons. The van der Waals surface area contributed by atoms with E-state index in [4.69, 9.17) is 11.6 Å². The molecule has 0 unspecified atom stereocenters. The SMILES string of the molecule is Fc1ccc(CN2CCN(c3cnccn3)CC2)c(Cl)c1. The maximum atomic E-state index is 13.0. The molecule has 4 nitrogen and oxygen atoms in total. The third kappa shape index (κ3) is 3.49. The molecule has 0 aliphatic carbocycles. The molecule has 0 spiro atoms. The number of aromatic nitrogens is 2. The molecule has 21 heavy (non-hydrogen) atoms. The molecular formula is C15H16ClFN4. The number of nitrogens with zero attached hydrogens (tertiary/aromatic N) is 4. The molecule has 1 saturated heterocycles. The number of anilines is 1. The molecule has 2 aromatic rings. The summed E-state index contributed by atoms with van der Waals surface area (Å²) in [6.45, 7) is 4.39. The van der Waals surface area contributed by atoms with E-state index in [0.717, 1.165) is 44.1 Å². The van der Waals surface area contributed by atoms with Gasteiger partial charge in [-0.1, -0.05) is 17.7 Å². The lowest BCUT2D eigenvalue weighted by Crippen LogP contribution is -2.46. The number of hydrogen-bond donors (Lipinski definition) is 0.